The second kappa shape index (κ2) is 6.06. The SMILES string of the molecule is CCN1CCC(C(C)Nc2ccc3oc(C)nc3c2)CC1. The maximum absolute atomic E-state index is 5.52. The maximum atomic E-state index is 5.52. The van der Waals surface area contributed by atoms with Crippen molar-refractivity contribution in [3.8, 4) is 0 Å². The van der Waals surface area contributed by atoms with Gasteiger partial charge in [0.25, 0.3) is 0 Å². The number of anilines is 1. The fourth-order valence-corrected chi connectivity index (χ4v) is 3.28. The van der Waals surface area contributed by atoms with Crippen LogP contribution in [0.3, 0.4) is 0 Å². The van der Waals surface area contributed by atoms with E-state index in [4.69, 9.17) is 4.42 Å². The highest BCUT2D eigenvalue weighted by atomic mass is 16.3. The van der Waals surface area contributed by atoms with E-state index in [1.807, 2.05) is 13.0 Å². The van der Waals surface area contributed by atoms with E-state index < -0.39 is 0 Å². The summed E-state index contributed by atoms with van der Waals surface area (Å²) in [6, 6.07) is 6.67. The summed E-state index contributed by atoms with van der Waals surface area (Å²) in [5.74, 6) is 1.48. The fraction of sp³-hybridized carbons (Fsp3) is 0.588. The topological polar surface area (TPSA) is 41.3 Å². The summed E-state index contributed by atoms with van der Waals surface area (Å²) in [4.78, 5) is 6.94. The third kappa shape index (κ3) is 3.21. The van der Waals surface area contributed by atoms with E-state index in [1.54, 1.807) is 0 Å². The molecule has 1 aliphatic rings. The van der Waals surface area contributed by atoms with Crippen LogP contribution in [0.4, 0.5) is 5.69 Å². The Morgan fingerprint density at radius 1 is 1.38 bits per heavy atom. The number of nitrogens with zero attached hydrogens (tertiary/aromatic N) is 2. The number of nitrogens with one attached hydrogen (secondary N) is 1. The van der Waals surface area contributed by atoms with Crippen LogP contribution >= 0.6 is 0 Å². The van der Waals surface area contributed by atoms with E-state index in [-0.39, 0.29) is 0 Å². The van der Waals surface area contributed by atoms with Crippen LogP contribution in [-0.2, 0) is 0 Å². The van der Waals surface area contributed by atoms with Crippen LogP contribution in [0, 0.1) is 12.8 Å². The molecule has 1 aromatic heterocycles. The van der Waals surface area contributed by atoms with Crippen molar-refractivity contribution in [2.24, 2.45) is 5.92 Å². The van der Waals surface area contributed by atoms with Gasteiger partial charge in [0.2, 0.25) is 0 Å². The number of aromatic nitrogens is 1. The molecule has 1 unspecified atom stereocenters. The predicted octanol–water partition coefficient (Wildman–Crippen LogP) is 3.67. The predicted molar refractivity (Wildman–Crippen MR) is 86.7 cm³/mol. The van der Waals surface area contributed by atoms with Crippen molar-refractivity contribution in [3.63, 3.8) is 0 Å². The van der Waals surface area contributed by atoms with Gasteiger partial charge in [0.1, 0.15) is 5.52 Å². The van der Waals surface area contributed by atoms with E-state index >= 15 is 0 Å². The average molecular weight is 287 g/mol. The molecule has 4 heteroatoms. The second-order valence-corrected chi connectivity index (χ2v) is 6.12. The number of hydrogen-bond acceptors (Lipinski definition) is 4. The van der Waals surface area contributed by atoms with Gasteiger partial charge in [0, 0.05) is 18.7 Å². The van der Waals surface area contributed by atoms with Crippen molar-refractivity contribution in [3.05, 3.63) is 24.1 Å². The molecule has 21 heavy (non-hydrogen) atoms. The molecule has 1 aromatic carbocycles. The van der Waals surface area contributed by atoms with Gasteiger partial charge in [-0.1, -0.05) is 6.92 Å². The minimum absolute atomic E-state index is 0.495. The molecule has 1 atom stereocenters. The van der Waals surface area contributed by atoms with Crippen LogP contribution in [0.25, 0.3) is 11.1 Å². The average Bonchev–Trinajstić information content (AvgIpc) is 2.86. The van der Waals surface area contributed by atoms with Gasteiger partial charge in [-0.25, -0.2) is 4.98 Å². The standard InChI is InChI=1S/C17H25N3O/c1-4-20-9-7-14(8-10-20)12(2)18-15-5-6-17-16(11-15)19-13(3)21-17/h5-6,11-12,14,18H,4,7-10H2,1-3H3. The third-order valence-corrected chi connectivity index (χ3v) is 4.68. The van der Waals surface area contributed by atoms with Gasteiger partial charge < -0.3 is 14.6 Å². The normalized spacial score (nSPS) is 19.0. The van der Waals surface area contributed by atoms with Gasteiger partial charge in [0.15, 0.2) is 11.5 Å². The first-order valence-corrected chi connectivity index (χ1v) is 8.02. The van der Waals surface area contributed by atoms with Gasteiger partial charge in [-0.15, -0.1) is 0 Å². The lowest BCUT2D eigenvalue weighted by Gasteiger charge is -2.34. The lowest BCUT2D eigenvalue weighted by molar-refractivity contribution is 0.183. The second-order valence-electron chi connectivity index (χ2n) is 6.12. The maximum Gasteiger partial charge on any atom is 0.192 e. The zero-order chi connectivity index (χ0) is 14.8. The monoisotopic (exact) mass is 287 g/mol. The number of rotatable bonds is 4. The first kappa shape index (κ1) is 14.4. The summed E-state index contributed by atoms with van der Waals surface area (Å²) in [7, 11) is 0. The van der Waals surface area contributed by atoms with Gasteiger partial charge in [0.05, 0.1) is 0 Å². The zero-order valence-electron chi connectivity index (χ0n) is 13.2. The van der Waals surface area contributed by atoms with E-state index in [2.05, 4.69) is 41.2 Å². The lowest BCUT2D eigenvalue weighted by Crippen LogP contribution is -2.39. The van der Waals surface area contributed by atoms with Crippen molar-refractivity contribution >= 4 is 16.8 Å². The minimum Gasteiger partial charge on any atom is -0.441 e. The highest BCUT2D eigenvalue weighted by molar-refractivity contribution is 5.77. The number of benzene rings is 1. The van der Waals surface area contributed by atoms with Crippen molar-refractivity contribution in [2.75, 3.05) is 25.0 Å². The molecular formula is C17H25N3O. The molecule has 0 spiro atoms. The molecule has 0 radical (unpaired) electrons. The van der Waals surface area contributed by atoms with Crippen LogP contribution < -0.4 is 5.32 Å². The van der Waals surface area contributed by atoms with Crippen LogP contribution in [0.1, 0.15) is 32.6 Å². The lowest BCUT2D eigenvalue weighted by atomic mass is 9.90. The minimum atomic E-state index is 0.495. The van der Waals surface area contributed by atoms with Crippen molar-refractivity contribution < 1.29 is 4.42 Å². The Bertz CT molecular complexity index is 599. The molecule has 2 aromatic rings. The Hall–Kier alpha value is -1.55. The number of hydrogen-bond donors (Lipinski definition) is 1. The van der Waals surface area contributed by atoms with Gasteiger partial charge in [-0.3, -0.25) is 0 Å². The smallest absolute Gasteiger partial charge is 0.192 e. The van der Waals surface area contributed by atoms with E-state index in [0.717, 1.165) is 28.6 Å². The Labute approximate surface area is 126 Å². The van der Waals surface area contributed by atoms with E-state index in [9.17, 15) is 0 Å². The largest absolute Gasteiger partial charge is 0.441 e. The first-order chi connectivity index (χ1) is 10.2. The molecular weight excluding hydrogens is 262 g/mol. The summed E-state index contributed by atoms with van der Waals surface area (Å²) in [5.41, 5.74) is 2.94. The van der Waals surface area contributed by atoms with E-state index in [1.165, 1.54) is 32.5 Å². The molecule has 1 saturated heterocycles. The Morgan fingerprint density at radius 2 is 2.14 bits per heavy atom. The Balaban J connectivity index is 1.64. The third-order valence-electron chi connectivity index (χ3n) is 4.68. The number of piperidine rings is 1. The number of aryl methyl sites for hydroxylation is 1. The molecule has 2 heterocycles. The molecule has 1 aliphatic heterocycles. The van der Waals surface area contributed by atoms with Crippen LogP contribution in [-0.4, -0.2) is 35.6 Å². The molecule has 0 amide bonds. The summed E-state index contributed by atoms with van der Waals surface area (Å²) in [6.45, 7) is 10.1. The van der Waals surface area contributed by atoms with Crippen molar-refractivity contribution in [1.82, 2.24) is 9.88 Å². The molecule has 0 saturated carbocycles. The zero-order valence-corrected chi connectivity index (χ0v) is 13.2. The summed E-state index contributed by atoms with van der Waals surface area (Å²) < 4.78 is 5.52. The molecule has 1 fully saturated rings. The van der Waals surface area contributed by atoms with Crippen molar-refractivity contribution in [2.45, 2.75) is 39.7 Å². The Morgan fingerprint density at radius 3 is 2.86 bits per heavy atom. The molecule has 0 aliphatic carbocycles. The first-order valence-electron chi connectivity index (χ1n) is 8.02. The molecule has 4 nitrogen and oxygen atoms in total. The highest BCUT2D eigenvalue weighted by Gasteiger charge is 2.23. The van der Waals surface area contributed by atoms with Gasteiger partial charge in [-0.05, 0) is 63.5 Å². The van der Waals surface area contributed by atoms with Gasteiger partial charge in [-0.2, -0.15) is 0 Å². The van der Waals surface area contributed by atoms with Crippen LogP contribution in [0.15, 0.2) is 22.6 Å². The molecule has 1 N–H and O–H groups in total. The number of likely N-dealkylation sites (tertiary alicyclic amines) is 1. The van der Waals surface area contributed by atoms with Crippen molar-refractivity contribution in [1.29, 1.82) is 0 Å². The van der Waals surface area contributed by atoms with Crippen LogP contribution in [0.2, 0.25) is 0 Å². The van der Waals surface area contributed by atoms with Gasteiger partial charge >= 0.3 is 0 Å². The molecule has 0 bridgehead atoms. The molecule has 3 rings (SSSR count). The summed E-state index contributed by atoms with van der Waals surface area (Å²) in [6.07, 6.45) is 2.57. The quantitative estimate of drug-likeness (QED) is 0.931. The summed E-state index contributed by atoms with van der Waals surface area (Å²) in [5, 5.41) is 3.65. The number of oxazole rings is 1. The highest BCUT2D eigenvalue weighted by Crippen LogP contribution is 2.25. The summed E-state index contributed by atoms with van der Waals surface area (Å²) >= 11 is 0. The molecule has 114 valence electrons. The van der Waals surface area contributed by atoms with Crippen LogP contribution in [0.5, 0.6) is 0 Å². The number of fused-ring (bicyclic) bond motifs is 1. The van der Waals surface area contributed by atoms with E-state index in [0.29, 0.717) is 6.04 Å². The fourth-order valence-electron chi connectivity index (χ4n) is 3.28. The Kier molecular flexibility index (Phi) is 4.15.